The summed E-state index contributed by atoms with van der Waals surface area (Å²) in [5, 5.41) is 10.9. The van der Waals surface area contributed by atoms with Gasteiger partial charge in [-0.05, 0) is 12.1 Å². The number of aromatic nitrogens is 2. The third-order valence-corrected chi connectivity index (χ3v) is 3.92. The zero-order valence-corrected chi connectivity index (χ0v) is 10.9. The van der Waals surface area contributed by atoms with Gasteiger partial charge in [0.1, 0.15) is 11.5 Å². The number of aromatic amines is 1. The normalized spacial score (nSPS) is 11.4. The van der Waals surface area contributed by atoms with Gasteiger partial charge in [0.05, 0.1) is 11.5 Å². The Kier molecular flexibility index (Phi) is 3.68. The second kappa shape index (κ2) is 5.27. The van der Waals surface area contributed by atoms with Crippen molar-refractivity contribution in [3.8, 4) is 0 Å². The van der Waals surface area contributed by atoms with E-state index in [1.807, 2.05) is 0 Å². The number of nitrogens with one attached hydrogen (secondary N) is 2. The summed E-state index contributed by atoms with van der Waals surface area (Å²) >= 11 is 0. The highest BCUT2D eigenvalue weighted by Gasteiger charge is 2.27. The number of nitrogens with two attached hydrogens (primary N) is 1. The van der Waals surface area contributed by atoms with E-state index in [2.05, 4.69) is 14.7 Å². The molecule has 0 aliphatic heterocycles. The average molecular weight is 297 g/mol. The molecule has 1 aromatic carbocycles. The van der Waals surface area contributed by atoms with E-state index in [9.17, 15) is 18.5 Å². The summed E-state index contributed by atoms with van der Waals surface area (Å²) < 4.78 is 26.4. The number of imidazole rings is 1. The molecule has 0 saturated carbocycles. The van der Waals surface area contributed by atoms with Crippen molar-refractivity contribution in [3.05, 3.63) is 46.5 Å². The number of anilines is 1. The van der Waals surface area contributed by atoms with Crippen molar-refractivity contribution >= 4 is 21.4 Å². The molecule has 0 aliphatic rings. The van der Waals surface area contributed by atoms with Crippen molar-refractivity contribution in [2.45, 2.75) is 11.4 Å². The van der Waals surface area contributed by atoms with E-state index in [4.69, 9.17) is 5.73 Å². The number of nitro benzene ring substituents is 1. The number of nitro groups is 1. The van der Waals surface area contributed by atoms with Crippen LogP contribution in [0.3, 0.4) is 0 Å². The lowest BCUT2D eigenvalue weighted by Gasteiger charge is -2.07. The van der Waals surface area contributed by atoms with Crippen LogP contribution < -0.4 is 10.5 Å². The van der Waals surface area contributed by atoms with Gasteiger partial charge in [-0.25, -0.2) is 18.1 Å². The largest absolute Gasteiger partial charge is 0.393 e. The van der Waals surface area contributed by atoms with Crippen LogP contribution in [0, 0.1) is 10.1 Å². The van der Waals surface area contributed by atoms with Gasteiger partial charge in [0.15, 0.2) is 4.90 Å². The van der Waals surface area contributed by atoms with Crippen LogP contribution in [-0.4, -0.2) is 23.3 Å². The Bertz CT molecular complexity index is 726. The topological polar surface area (TPSA) is 144 Å². The molecule has 0 amide bonds. The average Bonchev–Trinajstić information content (AvgIpc) is 2.89. The summed E-state index contributed by atoms with van der Waals surface area (Å²) in [7, 11) is -4.07. The molecule has 0 saturated heterocycles. The minimum absolute atomic E-state index is 0.110. The number of rotatable bonds is 5. The Balaban J connectivity index is 2.34. The summed E-state index contributed by atoms with van der Waals surface area (Å²) in [6.45, 7) is -0.110. The van der Waals surface area contributed by atoms with E-state index >= 15 is 0 Å². The number of para-hydroxylation sites is 1. The van der Waals surface area contributed by atoms with Gasteiger partial charge in [0.2, 0.25) is 10.0 Å². The molecule has 1 aromatic heterocycles. The fourth-order valence-electron chi connectivity index (χ4n) is 1.59. The van der Waals surface area contributed by atoms with Crippen LogP contribution in [0.15, 0.2) is 35.5 Å². The summed E-state index contributed by atoms with van der Waals surface area (Å²) in [6.07, 6.45) is 3.00. The molecule has 4 N–H and O–H groups in total. The van der Waals surface area contributed by atoms with Crippen molar-refractivity contribution < 1.29 is 13.3 Å². The SMILES string of the molecule is Nc1cccc(S(=O)(=O)NCc2ncc[nH]2)c1[N+](=O)[O-]. The van der Waals surface area contributed by atoms with E-state index in [0.717, 1.165) is 6.07 Å². The molecule has 1 heterocycles. The molecular formula is C10H11N5O4S. The maximum absolute atomic E-state index is 12.1. The van der Waals surface area contributed by atoms with Gasteiger partial charge in [-0.1, -0.05) is 6.07 Å². The maximum Gasteiger partial charge on any atom is 0.312 e. The maximum atomic E-state index is 12.1. The third kappa shape index (κ3) is 2.75. The van der Waals surface area contributed by atoms with Gasteiger partial charge in [0, 0.05) is 12.4 Å². The van der Waals surface area contributed by atoms with Gasteiger partial charge in [-0.3, -0.25) is 10.1 Å². The van der Waals surface area contributed by atoms with Crippen LogP contribution in [-0.2, 0) is 16.6 Å². The van der Waals surface area contributed by atoms with Gasteiger partial charge >= 0.3 is 5.69 Å². The monoisotopic (exact) mass is 297 g/mol. The molecule has 0 atom stereocenters. The molecule has 0 unspecified atom stereocenters. The van der Waals surface area contributed by atoms with Crippen molar-refractivity contribution in [2.24, 2.45) is 0 Å². The Hall–Kier alpha value is -2.46. The summed E-state index contributed by atoms with van der Waals surface area (Å²) in [5.74, 6) is 0.389. The molecule has 0 fully saturated rings. The van der Waals surface area contributed by atoms with E-state index in [-0.39, 0.29) is 12.2 Å². The van der Waals surface area contributed by atoms with E-state index in [1.165, 1.54) is 24.5 Å². The Morgan fingerprint density at radius 3 is 2.80 bits per heavy atom. The molecule has 2 rings (SSSR count). The predicted octanol–water partition coefficient (Wildman–Crippen LogP) is 0.379. The first kappa shape index (κ1) is 14.0. The zero-order chi connectivity index (χ0) is 14.8. The minimum atomic E-state index is -4.07. The lowest BCUT2D eigenvalue weighted by molar-refractivity contribution is -0.386. The van der Waals surface area contributed by atoms with Crippen molar-refractivity contribution in [1.82, 2.24) is 14.7 Å². The molecule has 20 heavy (non-hydrogen) atoms. The zero-order valence-electron chi connectivity index (χ0n) is 10.1. The molecular weight excluding hydrogens is 286 g/mol. The molecule has 2 aromatic rings. The van der Waals surface area contributed by atoms with Gasteiger partial charge in [0.25, 0.3) is 0 Å². The summed E-state index contributed by atoms with van der Waals surface area (Å²) in [5.41, 5.74) is 4.61. The molecule has 10 heteroatoms. The Morgan fingerprint density at radius 2 is 2.20 bits per heavy atom. The first-order valence-electron chi connectivity index (χ1n) is 5.42. The molecule has 0 radical (unpaired) electrons. The minimum Gasteiger partial charge on any atom is -0.393 e. The summed E-state index contributed by atoms with van der Waals surface area (Å²) in [4.78, 5) is 16.2. The number of sulfonamides is 1. The third-order valence-electron chi connectivity index (χ3n) is 2.49. The van der Waals surface area contributed by atoms with Crippen LogP contribution in [0.4, 0.5) is 11.4 Å². The highest BCUT2D eigenvalue weighted by Crippen LogP contribution is 2.29. The Morgan fingerprint density at radius 1 is 1.45 bits per heavy atom. The van der Waals surface area contributed by atoms with E-state index in [0.29, 0.717) is 5.82 Å². The first-order valence-corrected chi connectivity index (χ1v) is 6.91. The van der Waals surface area contributed by atoms with Crippen molar-refractivity contribution in [3.63, 3.8) is 0 Å². The predicted molar refractivity (Wildman–Crippen MR) is 70.1 cm³/mol. The van der Waals surface area contributed by atoms with Crippen molar-refractivity contribution in [1.29, 1.82) is 0 Å². The quantitative estimate of drug-likeness (QED) is 0.413. The number of H-pyrrole nitrogens is 1. The highest BCUT2D eigenvalue weighted by atomic mass is 32.2. The van der Waals surface area contributed by atoms with E-state index < -0.39 is 25.5 Å². The lowest BCUT2D eigenvalue weighted by Crippen LogP contribution is -2.24. The lowest BCUT2D eigenvalue weighted by atomic mass is 10.3. The molecule has 0 spiro atoms. The van der Waals surface area contributed by atoms with Crippen LogP contribution in [0.25, 0.3) is 0 Å². The second-order valence-electron chi connectivity index (χ2n) is 3.81. The number of hydrogen-bond acceptors (Lipinski definition) is 6. The highest BCUT2D eigenvalue weighted by molar-refractivity contribution is 7.89. The number of nitrogens with zero attached hydrogens (tertiary/aromatic N) is 2. The Labute approximate surface area is 114 Å². The fourth-order valence-corrected chi connectivity index (χ4v) is 2.77. The van der Waals surface area contributed by atoms with Crippen LogP contribution >= 0.6 is 0 Å². The van der Waals surface area contributed by atoms with Crippen molar-refractivity contribution in [2.75, 3.05) is 5.73 Å². The van der Waals surface area contributed by atoms with Crippen LogP contribution in [0.1, 0.15) is 5.82 Å². The van der Waals surface area contributed by atoms with Crippen LogP contribution in [0.2, 0.25) is 0 Å². The van der Waals surface area contributed by atoms with E-state index in [1.54, 1.807) is 0 Å². The number of benzene rings is 1. The van der Waals surface area contributed by atoms with Gasteiger partial charge in [-0.15, -0.1) is 0 Å². The second-order valence-corrected chi connectivity index (χ2v) is 5.55. The number of hydrogen-bond donors (Lipinski definition) is 3. The standard InChI is InChI=1S/C10H11N5O4S/c11-7-2-1-3-8(10(7)15(16)17)20(18,19)14-6-9-12-4-5-13-9/h1-5,14H,6,11H2,(H,12,13). The molecule has 0 bridgehead atoms. The smallest absolute Gasteiger partial charge is 0.312 e. The first-order chi connectivity index (χ1) is 9.42. The number of nitrogen functional groups attached to an aromatic ring is 1. The fraction of sp³-hybridized carbons (Fsp3) is 0.100. The molecule has 0 aliphatic carbocycles. The van der Waals surface area contributed by atoms with Gasteiger partial charge in [-0.2, -0.15) is 0 Å². The molecule has 9 nitrogen and oxygen atoms in total. The summed E-state index contributed by atoms with van der Waals surface area (Å²) in [6, 6.07) is 3.73. The van der Waals surface area contributed by atoms with Gasteiger partial charge < -0.3 is 10.7 Å². The molecule has 106 valence electrons. The van der Waals surface area contributed by atoms with Crippen LogP contribution in [0.5, 0.6) is 0 Å².